The normalized spacial score (nSPS) is 15.5. The molecule has 1 nitrogen and oxygen atoms in total. The molecule has 4 rings (SSSR count). The van der Waals surface area contributed by atoms with Crippen LogP contribution in [-0.2, 0) is 18.4 Å². The van der Waals surface area contributed by atoms with Gasteiger partial charge >= 0.3 is 0 Å². The molecule has 0 bridgehead atoms. The first-order chi connectivity index (χ1) is 12.7. The molecule has 0 amide bonds. The molecular formula is C24H30NS+. The molecule has 0 atom stereocenters. The number of aromatic nitrogens is 1. The summed E-state index contributed by atoms with van der Waals surface area (Å²) in [7, 11) is 0. The van der Waals surface area contributed by atoms with Gasteiger partial charge in [0.15, 0.2) is 11.7 Å². The maximum atomic E-state index is 2.60. The van der Waals surface area contributed by atoms with Crippen LogP contribution in [0.2, 0.25) is 0 Å². The summed E-state index contributed by atoms with van der Waals surface area (Å²) < 4.78 is 4.13. The van der Waals surface area contributed by atoms with Gasteiger partial charge in [-0.3, -0.25) is 0 Å². The van der Waals surface area contributed by atoms with Gasteiger partial charge < -0.3 is 0 Å². The van der Waals surface area contributed by atoms with Crippen molar-refractivity contribution in [2.45, 2.75) is 71.3 Å². The first-order valence-corrected chi connectivity index (χ1v) is 11.1. The van der Waals surface area contributed by atoms with E-state index in [0.717, 1.165) is 0 Å². The predicted molar refractivity (Wildman–Crippen MR) is 113 cm³/mol. The Balaban J connectivity index is 1.95. The maximum absolute atomic E-state index is 2.60. The fraction of sp³-hybridized carbons (Fsp3) is 0.458. The van der Waals surface area contributed by atoms with Gasteiger partial charge in [0.05, 0.1) is 0 Å². The Hall–Kier alpha value is -1.67. The number of rotatable bonds is 5. The molecule has 2 aromatic heterocycles. The fourth-order valence-electron chi connectivity index (χ4n) is 4.71. The second-order valence-electron chi connectivity index (χ2n) is 7.69. The van der Waals surface area contributed by atoms with Crippen LogP contribution in [0.3, 0.4) is 0 Å². The van der Waals surface area contributed by atoms with Crippen molar-refractivity contribution in [2.75, 3.05) is 0 Å². The van der Waals surface area contributed by atoms with E-state index in [9.17, 15) is 0 Å². The molecule has 3 aromatic rings. The zero-order chi connectivity index (χ0) is 18.1. The number of pyridine rings is 1. The van der Waals surface area contributed by atoms with Gasteiger partial charge in [0.1, 0.15) is 4.88 Å². The molecule has 3 heterocycles. The molecule has 0 aliphatic carbocycles. The Kier molecular flexibility index (Phi) is 4.88. The molecule has 0 radical (unpaired) electrons. The van der Waals surface area contributed by atoms with Crippen LogP contribution >= 0.6 is 11.3 Å². The molecule has 0 fully saturated rings. The van der Waals surface area contributed by atoms with E-state index in [4.69, 9.17) is 0 Å². The average molecular weight is 365 g/mol. The second kappa shape index (κ2) is 7.15. The van der Waals surface area contributed by atoms with Crippen molar-refractivity contribution in [1.29, 1.82) is 0 Å². The number of fused-ring (bicyclic) bond motifs is 5. The summed E-state index contributed by atoms with van der Waals surface area (Å²) in [6.07, 6.45) is 10.9. The lowest BCUT2D eigenvalue weighted by Crippen LogP contribution is -2.56. The van der Waals surface area contributed by atoms with E-state index in [0.29, 0.717) is 0 Å². The number of aryl methyl sites for hydroxylation is 2. The molecule has 0 saturated heterocycles. The monoisotopic (exact) mass is 364 g/mol. The van der Waals surface area contributed by atoms with E-state index in [2.05, 4.69) is 67.9 Å². The van der Waals surface area contributed by atoms with Crippen LogP contribution in [-0.4, -0.2) is 0 Å². The van der Waals surface area contributed by atoms with Crippen molar-refractivity contribution in [3.05, 3.63) is 53.7 Å². The number of thiophene rings is 1. The summed E-state index contributed by atoms with van der Waals surface area (Å²) in [5.74, 6) is 0. The predicted octanol–water partition coefficient (Wildman–Crippen LogP) is 6.66. The average Bonchev–Trinajstić information content (AvgIpc) is 3.00. The van der Waals surface area contributed by atoms with Gasteiger partial charge in [0.25, 0.3) is 0 Å². The number of benzene rings is 1. The third kappa shape index (κ3) is 2.70. The van der Waals surface area contributed by atoms with E-state index < -0.39 is 0 Å². The highest BCUT2D eigenvalue weighted by molar-refractivity contribution is 7.22. The summed E-state index contributed by atoms with van der Waals surface area (Å²) in [5, 5.41) is 1.51. The zero-order valence-corrected chi connectivity index (χ0v) is 17.2. The Bertz CT molecular complexity index is 917. The highest BCUT2D eigenvalue weighted by Gasteiger charge is 2.41. The Labute approximate surface area is 161 Å². The number of hydrogen-bond acceptors (Lipinski definition) is 1. The largest absolute Gasteiger partial charge is 0.223 e. The first-order valence-electron chi connectivity index (χ1n) is 10.3. The van der Waals surface area contributed by atoms with E-state index in [1.807, 2.05) is 11.3 Å². The van der Waals surface area contributed by atoms with E-state index in [1.54, 1.807) is 11.1 Å². The zero-order valence-electron chi connectivity index (χ0n) is 16.3. The summed E-state index contributed by atoms with van der Waals surface area (Å²) in [6.45, 7) is 6.99. The summed E-state index contributed by atoms with van der Waals surface area (Å²) >= 11 is 2.03. The van der Waals surface area contributed by atoms with Gasteiger partial charge in [-0.05, 0) is 41.8 Å². The molecule has 1 aromatic carbocycles. The standard InChI is InChI=1S/C24H30NS/c1-4-7-11-18-12-10-13-19-20-15-16-24(5-2,6-3)25-17-9-8-14-21(25)23(20)26-22(18)19/h8-10,12-14,17H,4-7,11,15-16H2,1-3H3/q+1. The summed E-state index contributed by atoms with van der Waals surface area (Å²) in [6, 6.07) is 13.7. The Morgan fingerprint density at radius 1 is 1.04 bits per heavy atom. The minimum absolute atomic E-state index is 0.251. The van der Waals surface area contributed by atoms with Crippen LogP contribution in [0.5, 0.6) is 0 Å². The van der Waals surface area contributed by atoms with E-state index >= 15 is 0 Å². The first kappa shape index (κ1) is 17.7. The second-order valence-corrected chi connectivity index (χ2v) is 8.72. The fourth-order valence-corrected chi connectivity index (χ4v) is 6.12. The highest BCUT2D eigenvalue weighted by Crippen LogP contribution is 2.44. The van der Waals surface area contributed by atoms with Gasteiger partial charge in [-0.25, -0.2) is 0 Å². The Morgan fingerprint density at radius 3 is 2.65 bits per heavy atom. The summed E-state index contributed by atoms with van der Waals surface area (Å²) in [5.41, 5.74) is 4.81. The van der Waals surface area contributed by atoms with Crippen molar-refractivity contribution in [2.24, 2.45) is 0 Å². The van der Waals surface area contributed by atoms with Crippen LogP contribution in [0.4, 0.5) is 0 Å². The molecule has 0 unspecified atom stereocenters. The van der Waals surface area contributed by atoms with E-state index in [1.165, 1.54) is 65.6 Å². The molecule has 1 aliphatic heterocycles. The molecule has 2 heteroatoms. The topological polar surface area (TPSA) is 3.88 Å². The van der Waals surface area contributed by atoms with Crippen molar-refractivity contribution in [3.8, 4) is 10.6 Å². The van der Waals surface area contributed by atoms with Gasteiger partial charge in [-0.2, -0.15) is 4.57 Å². The molecular weight excluding hydrogens is 334 g/mol. The number of unbranched alkanes of at least 4 members (excludes halogenated alkanes) is 1. The molecule has 1 aliphatic rings. The molecule has 0 spiro atoms. The SMILES string of the molecule is CCCCc1cccc2c3c(sc12)-c1cccc[n+]1C(CC)(CC)CC3. The van der Waals surface area contributed by atoms with Crippen LogP contribution in [0.1, 0.15) is 64.0 Å². The van der Waals surface area contributed by atoms with Gasteiger partial charge in [-0.15, -0.1) is 11.3 Å². The molecule has 0 saturated carbocycles. The maximum Gasteiger partial charge on any atom is 0.223 e. The third-order valence-corrected chi connectivity index (χ3v) is 7.81. The van der Waals surface area contributed by atoms with Crippen LogP contribution in [0, 0.1) is 0 Å². The summed E-state index contributed by atoms with van der Waals surface area (Å²) in [4.78, 5) is 1.51. The van der Waals surface area contributed by atoms with Crippen molar-refractivity contribution < 1.29 is 4.57 Å². The van der Waals surface area contributed by atoms with Crippen molar-refractivity contribution in [1.82, 2.24) is 0 Å². The third-order valence-electron chi connectivity index (χ3n) is 6.46. The highest BCUT2D eigenvalue weighted by atomic mass is 32.1. The quantitative estimate of drug-likeness (QED) is 0.446. The van der Waals surface area contributed by atoms with E-state index in [-0.39, 0.29) is 5.54 Å². The molecule has 26 heavy (non-hydrogen) atoms. The van der Waals surface area contributed by atoms with Gasteiger partial charge in [0, 0.05) is 36.1 Å². The smallest absolute Gasteiger partial charge is 0.192 e. The number of hydrogen-bond donors (Lipinski definition) is 0. The minimum Gasteiger partial charge on any atom is -0.192 e. The lowest BCUT2D eigenvalue weighted by Gasteiger charge is -2.26. The van der Waals surface area contributed by atoms with Gasteiger partial charge in [0.2, 0.25) is 5.69 Å². The Morgan fingerprint density at radius 2 is 1.88 bits per heavy atom. The van der Waals surface area contributed by atoms with Crippen LogP contribution < -0.4 is 4.57 Å². The minimum atomic E-state index is 0.251. The van der Waals surface area contributed by atoms with Crippen molar-refractivity contribution >= 4 is 21.4 Å². The van der Waals surface area contributed by atoms with Crippen LogP contribution in [0.25, 0.3) is 20.7 Å². The lowest BCUT2D eigenvalue weighted by atomic mass is 9.86. The lowest BCUT2D eigenvalue weighted by molar-refractivity contribution is -0.757. The molecule has 0 N–H and O–H groups in total. The van der Waals surface area contributed by atoms with Crippen LogP contribution in [0.15, 0.2) is 42.6 Å². The molecule has 136 valence electrons. The van der Waals surface area contributed by atoms with Crippen molar-refractivity contribution in [3.63, 3.8) is 0 Å². The van der Waals surface area contributed by atoms with Gasteiger partial charge in [-0.1, -0.05) is 45.4 Å². The number of nitrogens with zero attached hydrogens (tertiary/aromatic N) is 1.